The molecule has 1 atom stereocenters. The van der Waals surface area contributed by atoms with Crippen molar-refractivity contribution in [3.63, 3.8) is 0 Å². The van der Waals surface area contributed by atoms with Crippen LogP contribution >= 0.6 is 0 Å². The third-order valence-corrected chi connectivity index (χ3v) is 6.92. The number of nitrogens with one attached hydrogen (secondary N) is 2. The van der Waals surface area contributed by atoms with Crippen LogP contribution in [0.15, 0.2) is 54.7 Å². The van der Waals surface area contributed by atoms with Crippen LogP contribution < -0.4 is 14.8 Å². The Bertz CT molecular complexity index is 1490. The first-order valence-corrected chi connectivity index (χ1v) is 12.9. The molecular formula is C24H24FN5O4S. The highest BCUT2D eigenvalue weighted by Crippen LogP contribution is 2.30. The largest absolute Gasteiger partial charge is 0.489 e. The lowest BCUT2D eigenvalue weighted by Gasteiger charge is -2.16. The van der Waals surface area contributed by atoms with Gasteiger partial charge in [0.25, 0.3) is 0 Å². The van der Waals surface area contributed by atoms with E-state index in [4.69, 9.17) is 9.47 Å². The highest BCUT2D eigenvalue weighted by atomic mass is 32.2. The van der Waals surface area contributed by atoms with E-state index in [9.17, 15) is 12.8 Å². The number of rotatable bonds is 7. The number of fused-ring (bicyclic) bond motifs is 1. The SMILES string of the molecule is Cc1cc2c(F)c(Oc3ccnc(Nc4cccc(OC5CCN(S(C)(=O)=O)C5)c4)n3)ccc2[nH]1. The van der Waals surface area contributed by atoms with Crippen molar-refractivity contribution in [1.82, 2.24) is 19.3 Å². The molecule has 0 spiro atoms. The van der Waals surface area contributed by atoms with Crippen molar-refractivity contribution in [2.45, 2.75) is 19.4 Å². The maximum atomic E-state index is 14.9. The van der Waals surface area contributed by atoms with Gasteiger partial charge < -0.3 is 19.8 Å². The molecule has 0 radical (unpaired) electrons. The summed E-state index contributed by atoms with van der Waals surface area (Å²) in [6, 6.07) is 13.8. The molecule has 35 heavy (non-hydrogen) atoms. The number of hydrogen-bond acceptors (Lipinski definition) is 7. The molecule has 11 heteroatoms. The van der Waals surface area contributed by atoms with E-state index in [0.29, 0.717) is 41.9 Å². The van der Waals surface area contributed by atoms with E-state index in [1.54, 1.807) is 36.4 Å². The first kappa shape index (κ1) is 23.1. The summed E-state index contributed by atoms with van der Waals surface area (Å²) in [7, 11) is -3.23. The zero-order chi connectivity index (χ0) is 24.6. The summed E-state index contributed by atoms with van der Waals surface area (Å²) in [6.07, 6.45) is 3.12. The van der Waals surface area contributed by atoms with E-state index >= 15 is 0 Å². The summed E-state index contributed by atoms with van der Waals surface area (Å²) < 4.78 is 51.4. The smallest absolute Gasteiger partial charge is 0.230 e. The van der Waals surface area contributed by atoms with Gasteiger partial charge in [-0.05, 0) is 43.7 Å². The van der Waals surface area contributed by atoms with Crippen LogP contribution in [0.25, 0.3) is 10.9 Å². The highest BCUT2D eigenvalue weighted by Gasteiger charge is 2.29. The van der Waals surface area contributed by atoms with E-state index in [-0.39, 0.29) is 23.7 Å². The van der Waals surface area contributed by atoms with Crippen LogP contribution in [-0.4, -0.2) is 53.1 Å². The normalized spacial score (nSPS) is 16.5. The molecule has 5 rings (SSSR count). The molecule has 0 saturated carbocycles. The van der Waals surface area contributed by atoms with E-state index in [1.807, 2.05) is 19.1 Å². The molecule has 2 aromatic carbocycles. The van der Waals surface area contributed by atoms with Crippen LogP contribution in [0.2, 0.25) is 0 Å². The Balaban J connectivity index is 1.27. The lowest BCUT2D eigenvalue weighted by Crippen LogP contribution is -2.29. The number of benzene rings is 2. The molecule has 2 aromatic heterocycles. The number of sulfonamides is 1. The molecule has 0 amide bonds. The monoisotopic (exact) mass is 497 g/mol. The number of aromatic amines is 1. The average molecular weight is 498 g/mol. The number of nitrogens with zero attached hydrogens (tertiary/aromatic N) is 3. The highest BCUT2D eigenvalue weighted by molar-refractivity contribution is 7.88. The third kappa shape index (κ3) is 5.20. The van der Waals surface area contributed by atoms with Gasteiger partial charge in [0.05, 0.1) is 12.8 Å². The Labute approximate surface area is 202 Å². The molecule has 182 valence electrons. The summed E-state index contributed by atoms with van der Waals surface area (Å²) in [5.41, 5.74) is 2.23. The molecule has 4 aromatic rings. The Kier molecular flexibility index (Phi) is 6.03. The van der Waals surface area contributed by atoms with Crippen LogP contribution in [0.1, 0.15) is 12.1 Å². The standard InChI is InChI=1S/C24H24FN5O4S/c1-15-12-19-20(27-15)6-7-21(23(19)25)34-22-8-10-26-24(29-22)28-16-4-3-5-17(13-16)33-18-9-11-30(14-18)35(2,31)32/h3-8,10,12-13,18,27H,9,11,14H2,1-2H3,(H,26,28,29). The fourth-order valence-corrected chi connectivity index (χ4v) is 4.88. The number of aryl methyl sites for hydroxylation is 1. The minimum absolute atomic E-state index is 0.0660. The Hall–Kier alpha value is -3.70. The van der Waals surface area contributed by atoms with Crippen LogP contribution in [0, 0.1) is 12.7 Å². The summed E-state index contributed by atoms with van der Waals surface area (Å²) in [4.78, 5) is 11.6. The number of aromatic nitrogens is 3. The molecule has 0 bridgehead atoms. The van der Waals surface area contributed by atoms with Gasteiger partial charge in [-0.25, -0.2) is 17.8 Å². The molecule has 1 saturated heterocycles. The van der Waals surface area contributed by atoms with E-state index in [2.05, 4.69) is 20.3 Å². The van der Waals surface area contributed by atoms with Crippen LogP contribution in [0.4, 0.5) is 16.0 Å². The Morgan fingerprint density at radius 1 is 1.20 bits per heavy atom. The predicted octanol–water partition coefficient (Wildman–Crippen LogP) is 4.35. The van der Waals surface area contributed by atoms with Crippen molar-refractivity contribution in [2.24, 2.45) is 0 Å². The number of ether oxygens (including phenoxy) is 2. The molecule has 3 heterocycles. The van der Waals surface area contributed by atoms with Crippen molar-refractivity contribution < 1.29 is 22.3 Å². The van der Waals surface area contributed by atoms with Crippen LogP contribution in [0.3, 0.4) is 0 Å². The van der Waals surface area contributed by atoms with Gasteiger partial charge in [-0.2, -0.15) is 9.29 Å². The first-order valence-electron chi connectivity index (χ1n) is 11.0. The molecule has 1 fully saturated rings. The Morgan fingerprint density at radius 3 is 2.86 bits per heavy atom. The van der Waals surface area contributed by atoms with Gasteiger partial charge >= 0.3 is 0 Å². The summed E-state index contributed by atoms with van der Waals surface area (Å²) >= 11 is 0. The van der Waals surface area contributed by atoms with E-state index in [1.165, 1.54) is 16.8 Å². The average Bonchev–Trinajstić information content (AvgIpc) is 3.43. The van der Waals surface area contributed by atoms with Gasteiger partial charge in [0.2, 0.25) is 21.9 Å². The molecule has 0 aliphatic carbocycles. The number of halogens is 1. The topological polar surface area (TPSA) is 109 Å². The van der Waals surface area contributed by atoms with Crippen LogP contribution in [-0.2, 0) is 10.0 Å². The van der Waals surface area contributed by atoms with Crippen molar-refractivity contribution in [3.8, 4) is 17.4 Å². The predicted molar refractivity (Wildman–Crippen MR) is 130 cm³/mol. The Morgan fingerprint density at radius 2 is 2.06 bits per heavy atom. The molecule has 1 aliphatic rings. The maximum Gasteiger partial charge on any atom is 0.230 e. The zero-order valence-electron chi connectivity index (χ0n) is 19.2. The van der Waals surface area contributed by atoms with Crippen molar-refractivity contribution in [3.05, 3.63) is 66.2 Å². The molecule has 1 unspecified atom stereocenters. The lowest BCUT2D eigenvalue weighted by molar-refractivity contribution is 0.216. The second-order valence-electron chi connectivity index (χ2n) is 8.41. The third-order valence-electron chi connectivity index (χ3n) is 5.65. The minimum atomic E-state index is -3.23. The van der Waals surface area contributed by atoms with Gasteiger partial charge in [0.15, 0.2) is 11.6 Å². The zero-order valence-corrected chi connectivity index (χ0v) is 20.0. The summed E-state index contributed by atoms with van der Waals surface area (Å²) in [5.74, 6) is 0.650. The fourth-order valence-electron chi connectivity index (χ4n) is 4.00. The molecule has 1 aliphatic heterocycles. The number of anilines is 2. The number of hydrogen-bond donors (Lipinski definition) is 2. The van der Waals surface area contributed by atoms with E-state index < -0.39 is 15.8 Å². The van der Waals surface area contributed by atoms with E-state index in [0.717, 1.165) is 5.69 Å². The quantitative estimate of drug-likeness (QED) is 0.391. The van der Waals surface area contributed by atoms with Crippen molar-refractivity contribution >= 4 is 32.6 Å². The van der Waals surface area contributed by atoms with Crippen molar-refractivity contribution in [1.29, 1.82) is 0 Å². The fraction of sp³-hybridized carbons (Fsp3) is 0.250. The van der Waals surface area contributed by atoms with Crippen LogP contribution in [0.5, 0.6) is 17.4 Å². The molecular weight excluding hydrogens is 473 g/mol. The second kappa shape index (κ2) is 9.16. The molecule has 9 nitrogen and oxygen atoms in total. The maximum absolute atomic E-state index is 14.9. The lowest BCUT2D eigenvalue weighted by atomic mass is 10.2. The first-order chi connectivity index (χ1) is 16.7. The second-order valence-corrected chi connectivity index (χ2v) is 10.4. The summed E-state index contributed by atoms with van der Waals surface area (Å²) in [5, 5.41) is 3.54. The summed E-state index contributed by atoms with van der Waals surface area (Å²) in [6.45, 7) is 2.63. The minimum Gasteiger partial charge on any atom is -0.489 e. The van der Waals surface area contributed by atoms with Gasteiger partial charge in [0, 0.05) is 47.2 Å². The van der Waals surface area contributed by atoms with Crippen molar-refractivity contribution in [2.75, 3.05) is 24.7 Å². The van der Waals surface area contributed by atoms with Gasteiger partial charge in [-0.3, -0.25) is 0 Å². The van der Waals surface area contributed by atoms with Gasteiger partial charge in [0.1, 0.15) is 11.9 Å². The molecule has 2 N–H and O–H groups in total. The van der Waals surface area contributed by atoms with Gasteiger partial charge in [-0.1, -0.05) is 6.07 Å². The number of H-pyrrole nitrogens is 1. The van der Waals surface area contributed by atoms with Gasteiger partial charge in [-0.15, -0.1) is 0 Å².